The van der Waals surface area contributed by atoms with Crippen LogP contribution in [0.4, 0.5) is 5.69 Å². The van der Waals surface area contributed by atoms with Gasteiger partial charge in [-0.1, -0.05) is 32.0 Å². The van der Waals surface area contributed by atoms with Gasteiger partial charge in [0.25, 0.3) is 5.91 Å². The molecule has 0 atom stereocenters. The zero-order valence-corrected chi connectivity index (χ0v) is 16.9. The molecule has 1 aliphatic heterocycles. The third-order valence-corrected chi connectivity index (χ3v) is 5.22. The molecule has 2 aromatic rings. The van der Waals surface area contributed by atoms with Gasteiger partial charge in [-0.05, 0) is 36.1 Å². The predicted octanol–water partition coefficient (Wildman–Crippen LogP) is 3.50. The first kappa shape index (κ1) is 20.0. The van der Waals surface area contributed by atoms with Crippen LogP contribution in [0.25, 0.3) is 0 Å². The number of furan rings is 1. The Morgan fingerprint density at radius 1 is 1.07 bits per heavy atom. The van der Waals surface area contributed by atoms with E-state index in [4.69, 9.17) is 4.42 Å². The van der Waals surface area contributed by atoms with Crippen molar-refractivity contribution in [2.45, 2.75) is 33.1 Å². The highest BCUT2D eigenvalue weighted by Crippen LogP contribution is 2.27. The van der Waals surface area contributed by atoms with Crippen molar-refractivity contribution >= 4 is 17.5 Å². The Balaban J connectivity index is 1.47. The second kappa shape index (κ2) is 8.95. The van der Waals surface area contributed by atoms with Gasteiger partial charge in [0.05, 0.1) is 6.26 Å². The van der Waals surface area contributed by atoms with Crippen molar-refractivity contribution in [3.63, 3.8) is 0 Å². The zero-order valence-electron chi connectivity index (χ0n) is 16.9. The number of anilines is 1. The summed E-state index contributed by atoms with van der Waals surface area (Å²) >= 11 is 0. The van der Waals surface area contributed by atoms with Crippen LogP contribution in [0.5, 0.6) is 0 Å². The summed E-state index contributed by atoms with van der Waals surface area (Å²) in [5.74, 6) is 0.790. The van der Waals surface area contributed by atoms with E-state index < -0.39 is 0 Å². The maximum Gasteiger partial charge on any atom is 0.289 e. The number of nitrogens with zero attached hydrogens (tertiary/aromatic N) is 2. The summed E-state index contributed by atoms with van der Waals surface area (Å²) in [4.78, 5) is 28.4. The lowest BCUT2D eigenvalue weighted by Gasteiger charge is -2.34. The summed E-state index contributed by atoms with van der Waals surface area (Å²) in [6.45, 7) is 9.24. The molecule has 0 bridgehead atoms. The number of nitrogens with one attached hydrogen (secondary N) is 1. The van der Waals surface area contributed by atoms with E-state index in [1.807, 2.05) is 4.90 Å². The number of aryl methyl sites for hydroxylation is 1. The molecule has 0 aliphatic carbocycles. The van der Waals surface area contributed by atoms with Gasteiger partial charge in [-0.2, -0.15) is 0 Å². The van der Waals surface area contributed by atoms with E-state index in [1.54, 1.807) is 17.0 Å². The van der Waals surface area contributed by atoms with Crippen molar-refractivity contribution in [1.29, 1.82) is 0 Å². The zero-order chi connectivity index (χ0) is 20.1. The standard InChI is InChI=1S/C22H29N3O3/c1-16(2)18-7-4-6-17(3)21(18)23-10-9-20(26)24-11-13-25(14-12-24)22(27)19-8-5-15-28-19/h4-8,15-16,23H,9-14H2,1-3H3. The molecule has 1 aliphatic rings. The van der Waals surface area contributed by atoms with Gasteiger partial charge in [0.15, 0.2) is 5.76 Å². The van der Waals surface area contributed by atoms with Crippen LogP contribution in [0, 0.1) is 6.92 Å². The van der Waals surface area contributed by atoms with Gasteiger partial charge in [0, 0.05) is 44.8 Å². The molecule has 6 heteroatoms. The van der Waals surface area contributed by atoms with E-state index in [0.717, 1.165) is 5.69 Å². The summed E-state index contributed by atoms with van der Waals surface area (Å²) in [6, 6.07) is 9.68. The molecule has 150 valence electrons. The van der Waals surface area contributed by atoms with Gasteiger partial charge in [0.1, 0.15) is 0 Å². The molecular weight excluding hydrogens is 354 g/mol. The SMILES string of the molecule is Cc1cccc(C(C)C)c1NCCC(=O)N1CCN(C(=O)c2ccco2)CC1. The van der Waals surface area contributed by atoms with Gasteiger partial charge in [-0.3, -0.25) is 9.59 Å². The van der Waals surface area contributed by atoms with E-state index >= 15 is 0 Å². The average molecular weight is 383 g/mol. The number of benzene rings is 1. The highest BCUT2D eigenvalue weighted by molar-refractivity contribution is 5.91. The molecule has 1 aromatic heterocycles. The number of piperazine rings is 1. The third kappa shape index (κ3) is 4.55. The summed E-state index contributed by atoms with van der Waals surface area (Å²) in [5, 5.41) is 3.45. The number of rotatable bonds is 6. The molecule has 2 amide bonds. The lowest BCUT2D eigenvalue weighted by atomic mass is 9.98. The summed E-state index contributed by atoms with van der Waals surface area (Å²) < 4.78 is 5.17. The molecule has 1 saturated heterocycles. The summed E-state index contributed by atoms with van der Waals surface area (Å²) in [6.07, 6.45) is 1.94. The largest absolute Gasteiger partial charge is 0.459 e. The molecule has 6 nitrogen and oxygen atoms in total. The van der Waals surface area contributed by atoms with Gasteiger partial charge in [0.2, 0.25) is 5.91 Å². The van der Waals surface area contributed by atoms with Crippen molar-refractivity contribution in [2.24, 2.45) is 0 Å². The van der Waals surface area contributed by atoms with Crippen molar-refractivity contribution in [3.8, 4) is 0 Å². The minimum atomic E-state index is -0.112. The lowest BCUT2D eigenvalue weighted by Crippen LogP contribution is -2.50. The molecular formula is C22H29N3O3. The summed E-state index contributed by atoms with van der Waals surface area (Å²) in [5.41, 5.74) is 3.61. The normalized spacial score (nSPS) is 14.4. The minimum Gasteiger partial charge on any atom is -0.459 e. The van der Waals surface area contributed by atoms with Crippen molar-refractivity contribution in [1.82, 2.24) is 9.80 Å². The highest BCUT2D eigenvalue weighted by Gasteiger charge is 2.25. The van der Waals surface area contributed by atoms with E-state index in [2.05, 4.69) is 44.3 Å². The molecule has 0 spiro atoms. The van der Waals surface area contributed by atoms with E-state index in [1.165, 1.54) is 17.4 Å². The maximum atomic E-state index is 12.6. The molecule has 1 N–H and O–H groups in total. The molecule has 0 unspecified atom stereocenters. The Kier molecular flexibility index (Phi) is 6.39. The van der Waals surface area contributed by atoms with Crippen LogP contribution in [-0.2, 0) is 4.79 Å². The fourth-order valence-electron chi connectivity index (χ4n) is 3.58. The van der Waals surface area contributed by atoms with Gasteiger partial charge >= 0.3 is 0 Å². The first-order chi connectivity index (χ1) is 13.5. The summed E-state index contributed by atoms with van der Waals surface area (Å²) in [7, 11) is 0. The maximum absolute atomic E-state index is 12.6. The van der Waals surface area contributed by atoms with Crippen LogP contribution >= 0.6 is 0 Å². The molecule has 1 aromatic carbocycles. The number of carbonyl (C=O) groups excluding carboxylic acids is 2. The predicted molar refractivity (Wildman–Crippen MR) is 110 cm³/mol. The monoisotopic (exact) mass is 383 g/mol. The van der Waals surface area contributed by atoms with Crippen LogP contribution in [0.15, 0.2) is 41.0 Å². The Morgan fingerprint density at radius 2 is 1.79 bits per heavy atom. The van der Waals surface area contributed by atoms with Crippen LogP contribution in [0.1, 0.15) is 47.9 Å². The Hall–Kier alpha value is -2.76. The number of hydrogen-bond donors (Lipinski definition) is 1. The van der Waals surface area contributed by atoms with Crippen molar-refractivity contribution < 1.29 is 14.0 Å². The number of para-hydroxylation sites is 1. The molecule has 3 rings (SSSR count). The lowest BCUT2D eigenvalue weighted by molar-refractivity contribution is -0.132. The quantitative estimate of drug-likeness (QED) is 0.829. The molecule has 28 heavy (non-hydrogen) atoms. The number of hydrogen-bond acceptors (Lipinski definition) is 4. The van der Waals surface area contributed by atoms with Crippen LogP contribution < -0.4 is 5.32 Å². The van der Waals surface area contributed by atoms with E-state index in [-0.39, 0.29) is 11.8 Å². The van der Waals surface area contributed by atoms with Gasteiger partial charge in [-0.25, -0.2) is 0 Å². The third-order valence-electron chi connectivity index (χ3n) is 5.22. The van der Waals surface area contributed by atoms with Crippen molar-refractivity contribution in [3.05, 3.63) is 53.5 Å². The number of carbonyl (C=O) groups is 2. The Bertz CT molecular complexity index is 806. The van der Waals surface area contributed by atoms with Crippen molar-refractivity contribution in [2.75, 3.05) is 38.0 Å². The van der Waals surface area contributed by atoms with E-state index in [0.29, 0.717) is 50.8 Å². The smallest absolute Gasteiger partial charge is 0.289 e. The second-order valence-electron chi connectivity index (χ2n) is 7.52. The highest BCUT2D eigenvalue weighted by atomic mass is 16.3. The van der Waals surface area contributed by atoms with Crippen LogP contribution in [0.2, 0.25) is 0 Å². The Morgan fingerprint density at radius 3 is 2.43 bits per heavy atom. The fourth-order valence-corrected chi connectivity index (χ4v) is 3.58. The second-order valence-corrected chi connectivity index (χ2v) is 7.52. The number of amides is 2. The first-order valence-electron chi connectivity index (χ1n) is 9.91. The topological polar surface area (TPSA) is 65.8 Å². The molecule has 0 radical (unpaired) electrons. The molecule has 2 heterocycles. The van der Waals surface area contributed by atoms with E-state index in [9.17, 15) is 9.59 Å². The van der Waals surface area contributed by atoms with Gasteiger partial charge in [-0.15, -0.1) is 0 Å². The molecule has 1 fully saturated rings. The Labute approximate surface area is 166 Å². The van der Waals surface area contributed by atoms with Crippen LogP contribution in [0.3, 0.4) is 0 Å². The van der Waals surface area contributed by atoms with Crippen LogP contribution in [-0.4, -0.2) is 54.3 Å². The van der Waals surface area contributed by atoms with Gasteiger partial charge < -0.3 is 19.5 Å². The molecule has 0 saturated carbocycles. The minimum absolute atomic E-state index is 0.112. The first-order valence-corrected chi connectivity index (χ1v) is 9.91. The fraction of sp³-hybridized carbons (Fsp3) is 0.455. The average Bonchev–Trinajstić information content (AvgIpc) is 3.23.